The Kier molecular flexibility index (Phi) is 3.86. The van der Waals surface area contributed by atoms with E-state index in [9.17, 15) is 9.59 Å². The molecular weight excluding hydrogens is 262 g/mol. The minimum atomic E-state index is -0.0287. The van der Waals surface area contributed by atoms with E-state index in [2.05, 4.69) is 4.98 Å². The first-order valence-corrected chi connectivity index (χ1v) is 6.73. The highest BCUT2D eigenvalue weighted by Gasteiger charge is 2.33. The van der Waals surface area contributed by atoms with Crippen LogP contribution in [0.2, 0.25) is 0 Å². The lowest BCUT2D eigenvalue weighted by Crippen LogP contribution is -2.26. The van der Waals surface area contributed by atoms with E-state index in [1.165, 1.54) is 24.9 Å². The van der Waals surface area contributed by atoms with Crippen LogP contribution < -0.4 is 4.90 Å². The molecule has 6 heteroatoms. The predicted molar refractivity (Wildman–Crippen MR) is 72.7 cm³/mol. The number of hydrogen-bond acceptors (Lipinski definition) is 5. The number of thioether (sulfide) groups is 1. The number of carbonyl (C=O) groups excluding carboxylic acids is 2. The zero-order chi connectivity index (χ0) is 14.0. The molecule has 1 saturated heterocycles. The molecule has 0 radical (unpaired) electrons. The molecule has 0 aromatic carbocycles. The van der Waals surface area contributed by atoms with Gasteiger partial charge in [0.1, 0.15) is 11.9 Å². The number of aryl methyl sites for hydroxylation is 1. The van der Waals surface area contributed by atoms with Crippen molar-refractivity contribution in [3.05, 3.63) is 23.4 Å². The van der Waals surface area contributed by atoms with Crippen LogP contribution in [0.25, 0.3) is 0 Å². The molecule has 0 aliphatic carbocycles. The van der Waals surface area contributed by atoms with E-state index in [1.807, 2.05) is 13.0 Å². The van der Waals surface area contributed by atoms with Gasteiger partial charge in [0.15, 0.2) is 5.12 Å². The van der Waals surface area contributed by atoms with Crippen LogP contribution in [0.15, 0.2) is 12.3 Å². The fourth-order valence-electron chi connectivity index (χ4n) is 2.10. The molecule has 1 fully saturated rings. The lowest BCUT2D eigenvalue weighted by atomic mass is 10.2. The second kappa shape index (κ2) is 5.41. The Morgan fingerprint density at radius 3 is 2.95 bits per heavy atom. The van der Waals surface area contributed by atoms with Gasteiger partial charge in [0.05, 0.1) is 5.56 Å². The fraction of sp³-hybridized carbons (Fsp3) is 0.385. The lowest BCUT2D eigenvalue weighted by molar-refractivity contribution is -0.117. The van der Waals surface area contributed by atoms with Gasteiger partial charge in [0.25, 0.3) is 0 Å². The van der Waals surface area contributed by atoms with E-state index in [4.69, 9.17) is 5.26 Å². The van der Waals surface area contributed by atoms with Crippen LogP contribution in [0.3, 0.4) is 0 Å². The first-order valence-electron chi connectivity index (χ1n) is 5.85. The van der Waals surface area contributed by atoms with E-state index < -0.39 is 0 Å². The largest absolute Gasteiger partial charge is 0.295 e. The van der Waals surface area contributed by atoms with Gasteiger partial charge in [0, 0.05) is 31.3 Å². The van der Waals surface area contributed by atoms with Crippen LogP contribution in [-0.4, -0.2) is 27.8 Å². The van der Waals surface area contributed by atoms with Gasteiger partial charge in [0.2, 0.25) is 5.91 Å². The predicted octanol–water partition coefficient (Wildman–Crippen LogP) is 1.65. The van der Waals surface area contributed by atoms with Crippen molar-refractivity contribution in [2.75, 3.05) is 11.4 Å². The van der Waals surface area contributed by atoms with Crippen molar-refractivity contribution in [1.82, 2.24) is 4.98 Å². The van der Waals surface area contributed by atoms with Crippen molar-refractivity contribution in [2.24, 2.45) is 0 Å². The minimum absolute atomic E-state index is 0.0122. The summed E-state index contributed by atoms with van der Waals surface area (Å²) in [5.74, 6) is 0.551. The molecule has 19 heavy (non-hydrogen) atoms. The number of hydrogen-bond donors (Lipinski definition) is 0. The molecule has 0 bridgehead atoms. The van der Waals surface area contributed by atoms with Gasteiger partial charge < -0.3 is 0 Å². The average Bonchev–Trinajstić information content (AvgIpc) is 2.69. The topological polar surface area (TPSA) is 74.1 Å². The molecule has 98 valence electrons. The third-order valence-electron chi connectivity index (χ3n) is 2.86. The number of pyridine rings is 1. The van der Waals surface area contributed by atoms with Crippen LogP contribution in [0, 0.1) is 18.3 Å². The van der Waals surface area contributed by atoms with Gasteiger partial charge in [-0.1, -0.05) is 11.8 Å². The highest BCUT2D eigenvalue weighted by atomic mass is 32.2. The monoisotopic (exact) mass is 275 g/mol. The summed E-state index contributed by atoms with van der Waals surface area (Å²) in [7, 11) is 0. The van der Waals surface area contributed by atoms with Crippen LogP contribution in [-0.2, 0) is 9.59 Å². The molecule has 1 unspecified atom stereocenters. The fourth-order valence-corrected chi connectivity index (χ4v) is 3.02. The maximum absolute atomic E-state index is 12.0. The number of carbonyl (C=O) groups is 2. The van der Waals surface area contributed by atoms with Gasteiger partial charge >= 0.3 is 0 Å². The maximum Gasteiger partial charge on any atom is 0.229 e. The maximum atomic E-state index is 12.0. The Labute approximate surface area is 115 Å². The summed E-state index contributed by atoms with van der Waals surface area (Å²) >= 11 is 1.20. The Morgan fingerprint density at radius 1 is 1.63 bits per heavy atom. The Morgan fingerprint density at radius 2 is 2.37 bits per heavy atom. The molecule has 0 spiro atoms. The summed E-state index contributed by atoms with van der Waals surface area (Å²) in [4.78, 5) is 28.8. The highest BCUT2D eigenvalue weighted by molar-refractivity contribution is 8.14. The Hall–Kier alpha value is -1.87. The third kappa shape index (κ3) is 2.93. The van der Waals surface area contributed by atoms with Crippen LogP contribution in [0.1, 0.15) is 24.5 Å². The first-order chi connectivity index (χ1) is 9.01. The molecule has 1 amide bonds. The van der Waals surface area contributed by atoms with E-state index in [-0.39, 0.29) is 16.3 Å². The molecule has 2 rings (SSSR count). The molecule has 1 aromatic rings. The van der Waals surface area contributed by atoms with Crippen molar-refractivity contribution < 1.29 is 9.59 Å². The molecule has 0 saturated carbocycles. The number of amides is 1. The van der Waals surface area contributed by atoms with Gasteiger partial charge in [-0.15, -0.1) is 0 Å². The number of aromatic nitrogens is 1. The molecule has 1 aromatic heterocycles. The summed E-state index contributed by atoms with van der Waals surface area (Å²) in [5.41, 5.74) is 1.27. The summed E-state index contributed by atoms with van der Waals surface area (Å²) in [5, 5.41) is 8.81. The van der Waals surface area contributed by atoms with Crippen molar-refractivity contribution in [3.8, 4) is 6.07 Å². The zero-order valence-corrected chi connectivity index (χ0v) is 11.5. The molecular formula is C13H13N3O2S. The van der Waals surface area contributed by atoms with E-state index in [0.29, 0.717) is 24.3 Å². The van der Waals surface area contributed by atoms with Crippen molar-refractivity contribution >= 4 is 28.6 Å². The van der Waals surface area contributed by atoms with E-state index in [0.717, 1.165) is 5.56 Å². The highest BCUT2D eigenvalue weighted by Crippen LogP contribution is 2.29. The van der Waals surface area contributed by atoms with Crippen LogP contribution in [0.5, 0.6) is 0 Å². The average molecular weight is 275 g/mol. The summed E-state index contributed by atoms with van der Waals surface area (Å²) in [6, 6.07) is 3.73. The van der Waals surface area contributed by atoms with Gasteiger partial charge in [-0.05, 0) is 18.6 Å². The third-order valence-corrected chi connectivity index (χ3v) is 3.84. The molecule has 5 nitrogen and oxygen atoms in total. The Bertz CT molecular complexity index is 580. The summed E-state index contributed by atoms with van der Waals surface area (Å²) < 4.78 is 0. The first kappa shape index (κ1) is 13.6. The molecule has 1 aliphatic heterocycles. The van der Waals surface area contributed by atoms with Crippen molar-refractivity contribution in [1.29, 1.82) is 5.26 Å². The number of nitrogens with zero attached hydrogens (tertiary/aromatic N) is 3. The molecule has 1 atom stereocenters. The second-order valence-electron chi connectivity index (χ2n) is 4.42. The van der Waals surface area contributed by atoms with Gasteiger partial charge in [-0.2, -0.15) is 5.26 Å². The molecule has 1 aliphatic rings. The van der Waals surface area contributed by atoms with Crippen molar-refractivity contribution in [3.63, 3.8) is 0 Å². The van der Waals surface area contributed by atoms with Crippen LogP contribution in [0.4, 0.5) is 5.82 Å². The molecule has 2 heterocycles. The number of rotatable bonds is 2. The SMILES string of the molecule is CC(=O)SC1CC(=O)N(c2ncc(C#N)cc2C)C1. The van der Waals surface area contributed by atoms with Crippen LogP contribution >= 0.6 is 11.8 Å². The number of anilines is 1. The summed E-state index contributed by atoms with van der Waals surface area (Å²) in [6.45, 7) is 3.81. The standard InChI is InChI=1S/C13H13N3O2S/c1-8-3-10(5-14)6-15-13(8)16-7-11(4-12(16)18)19-9(2)17/h3,6,11H,4,7H2,1-2H3. The van der Waals surface area contributed by atoms with Gasteiger partial charge in [-0.25, -0.2) is 4.98 Å². The normalized spacial score (nSPS) is 18.5. The van der Waals surface area contributed by atoms with E-state index in [1.54, 1.807) is 11.0 Å². The smallest absolute Gasteiger partial charge is 0.229 e. The number of nitriles is 1. The van der Waals surface area contributed by atoms with E-state index >= 15 is 0 Å². The van der Waals surface area contributed by atoms with Crippen molar-refractivity contribution in [2.45, 2.75) is 25.5 Å². The summed E-state index contributed by atoms with van der Waals surface area (Å²) in [6.07, 6.45) is 1.81. The Balaban J connectivity index is 2.21. The minimum Gasteiger partial charge on any atom is -0.295 e. The van der Waals surface area contributed by atoms with Gasteiger partial charge in [-0.3, -0.25) is 14.5 Å². The lowest BCUT2D eigenvalue weighted by Gasteiger charge is -2.17. The zero-order valence-electron chi connectivity index (χ0n) is 10.7. The quantitative estimate of drug-likeness (QED) is 0.820. The molecule has 0 N–H and O–H groups in total. The second-order valence-corrected chi connectivity index (χ2v) is 5.89.